The van der Waals surface area contributed by atoms with Gasteiger partial charge in [-0.2, -0.15) is 0 Å². The predicted molar refractivity (Wildman–Crippen MR) is 115 cm³/mol. The fourth-order valence-corrected chi connectivity index (χ4v) is 4.94. The lowest BCUT2D eigenvalue weighted by Gasteiger charge is -2.40. The fraction of sp³-hybridized carbons (Fsp3) is 0.696. The van der Waals surface area contributed by atoms with Gasteiger partial charge in [0.15, 0.2) is 0 Å². The van der Waals surface area contributed by atoms with Crippen LogP contribution in [0.25, 0.3) is 0 Å². The molecule has 0 aromatic heterocycles. The van der Waals surface area contributed by atoms with Gasteiger partial charge in [-0.1, -0.05) is 37.0 Å². The van der Waals surface area contributed by atoms with Gasteiger partial charge in [0.05, 0.1) is 0 Å². The van der Waals surface area contributed by atoms with Gasteiger partial charge >= 0.3 is 6.09 Å². The van der Waals surface area contributed by atoms with Crippen molar-refractivity contribution in [2.45, 2.75) is 70.8 Å². The summed E-state index contributed by atoms with van der Waals surface area (Å²) in [6.07, 6.45) is 10.2. The van der Waals surface area contributed by atoms with Crippen LogP contribution in [-0.2, 0) is 0 Å². The summed E-state index contributed by atoms with van der Waals surface area (Å²) < 4.78 is 0. The maximum Gasteiger partial charge on any atom is 0.404 e. The number of anilines is 1. The molecule has 156 valence electrons. The number of carbonyl (C=O) groups is 1. The van der Waals surface area contributed by atoms with Gasteiger partial charge in [-0.15, -0.1) is 0 Å². The minimum atomic E-state index is -0.894. The molecule has 0 radical (unpaired) electrons. The fourth-order valence-electron chi connectivity index (χ4n) is 4.94. The molecule has 0 bridgehead atoms. The molecule has 5 heteroatoms. The zero-order valence-corrected chi connectivity index (χ0v) is 17.4. The van der Waals surface area contributed by atoms with Gasteiger partial charge < -0.3 is 20.6 Å². The maximum atomic E-state index is 10.8. The number of amides is 1. The van der Waals surface area contributed by atoms with Crippen LogP contribution >= 0.6 is 0 Å². The van der Waals surface area contributed by atoms with Crippen molar-refractivity contribution in [3.05, 3.63) is 29.8 Å². The zero-order chi connectivity index (χ0) is 19.8. The van der Waals surface area contributed by atoms with Crippen LogP contribution in [0.15, 0.2) is 24.3 Å². The summed E-state index contributed by atoms with van der Waals surface area (Å²) in [5, 5.41) is 15.2. The Labute approximate surface area is 169 Å². The predicted octanol–water partition coefficient (Wildman–Crippen LogP) is 4.87. The maximum absolute atomic E-state index is 10.8. The number of piperidine rings is 1. The van der Waals surface area contributed by atoms with E-state index in [9.17, 15) is 4.79 Å². The van der Waals surface area contributed by atoms with Gasteiger partial charge in [0.2, 0.25) is 0 Å². The van der Waals surface area contributed by atoms with E-state index < -0.39 is 6.09 Å². The third kappa shape index (κ3) is 6.40. The average Bonchev–Trinajstić information content (AvgIpc) is 2.70. The van der Waals surface area contributed by atoms with Gasteiger partial charge in [-0.3, -0.25) is 0 Å². The highest BCUT2D eigenvalue weighted by molar-refractivity contribution is 5.64. The summed E-state index contributed by atoms with van der Waals surface area (Å²) >= 11 is 0. The van der Waals surface area contributed by atoms with E-state index in [1.54, 1.807) is 0 Å². The molecule has 1 aromatic rings. The normalized spacial score (nSPS) is 20.6. The summed E-state index contributed by atoms with van der Waals surface area (Å²) in [5.74, 6) is 0. The van der Waals surface area contributed by atoms with Gasteiger partial charge in [-0.05, 0) is 69.5 Å². The molecule has 1 amide bonds. The molecule has 2 aliphatic rings. The van der Waals surface area contributed by atoms with E-state index in [-0.39, 0.29) is 0 Å². The second-order valence-electron chi connectivity index (χ2n) is 8.92. The van der Waals surface area contributed by atoms with Crippen molar-refractivity contribution < 1.29 is 9.90 Å². The lowest BCUT2D eigenvalue weighted by Crippen LogP contribution is -2.41. The second-order valence-corrected chi connectivity index (χ2v) is 8.92. The van der Waals surface area contributed by atoms with Crippen LogP contribution in [0.1, 0.15) is 63.4 Å². The molecule has 1 saturated heterocycles. The van der Waals surface area contributed by atoms with Crippen LogP contribution in [0.3, 0.4) is 0 Å². The van der Waals surface area contributed by atoms with E-state index in [1.165, 1.54) is 62.6 Å². The Hall–Kier alpha value is -1.75. The number of hydrogen-bond donors (Lipinski definition) is 3. The molecule has 1 aliphatic carbocycles. The summed E-state index contributed by atoms with van der Waals surface area (Å²) in [4.78, 5) is 13.4. The SMILES string of the molecule is Cc1ccc(NC2CCN(CCC3(CCNC(=O)O)CCCCC3)CC2)cc1. The van der Waals surface area contributed by atoms with Crippen molar-refractivity contribution in [3.63, 3.8) is 0 Å². The number of likely N-dealkylation sites (tertiary alicyclic amines) is 1. The lowest BCUT2D eigenvalue weighted by atomic mass is 9.69. The Bertz CT molecular complexity index is 603. The molecule has 0 unspecified atom stereocenters. The van der Waals surface area contributed by atoms with Gasteiger partial charge in [-0.25, -0.2) is 4.79 Å². The molecule has 1 saturated carbocycles. The van der Waals surface area contributed by atoms with Crippen molar-refractivity contribution >= 4 is 11.8 Å². The number of nitrogens with one attached hydrogen (secondary N) is 2. The quantitative estimate of drug-likeness (QED) is 0.595. The van der Waals surface area contributed by atoms with Crippen molar-refractivity contribution in [1.82, 2.24) is 10.2 Å². The number of benzene rings is 1. The second kappa shape index (κ2) is 10.1. The molecule has 1 aliphatic heterocycles. The zero-order valence-electron chi connectivity index (χ0n) is 17.4. The van der Waals surface area contributed by atoms with Crippen molar-refractivity contribution in [2.24, 2.45) is 5.41 Å². The van der Waals surface area contributed by atoms with Gasteiger partial charge in [0.1, 0.15) is 0 Å². The summed E-state index contributed by atoms with van der Waals surface area (Å²) in [7, 11) is 0. The summed E-state index contributed by atoms with van der Waals surface area (Å²) in [6, 6.07) is 9.27. The first-order valence-corrected chi connectivity index (χ1v) is 11.1. The highest BCUT2D eigenvalue weighted by atomic mass is 16.4. The van der Waals surface area contributed by atoms with E-state index in [0.29, 0.717) is 18.0 Å². The summed E-state index contributed by atoms with van der Waals surface area (Å²) in [6.45, 7) is 6.20. The molecule has 3 rings (SSSR count). The Morgan fingerprint density at radius 1 is 1.11 bits per heavy atom. The van der Waals surface area contributed by atoms with Gasteiger partial charge in [0.25, 0.3) is 0 Å². The molecule has 1 heterocycles. The van der Waals surface area contributed by atoms with Gasteiger partial charge in [0, 0.05) is 31.4 Å². The van der Waals surface area contributed by atoms with Crippen LogP contribution in [0.5, 0.6) is 0 Å². The van der Waals surface area contributed by atoms with E-state index in [0.717, 1.165) is 26.1 Å². The molecular formula is C23H37N3O2. The first-order chi connectivity index (χ1) is 13.5. The molecule has 5 nitrogen and oxygen atoms in total. The van der Waals surface area contributed by atoms with Crippen molar-refractivity contribution in [3.8, 4) is 0 Å². The topological polar surface area (TPSA) is 64.6 Å². The van der Waals surface area contributed by atoms with E-state index in [1.807, 2.05) is 0 Å². The van der Waals surface area contributed by atoms with E-state index in [4.69, 9.17) is 5.11 Å². The Balaban J connectivity index is 1.42. The van der Waals surface area contributed by atoms with Crippen LogP contribution in [-0.4, -0.2) is 48.3 Å². The highest BCUT2D eigenvalue weighted by Gasteiger charge is 2.32. The van der Waals surface area contributed by atoms with Crippen LogP contribution < -0.4 is 10.6 Å². The molecule has 0 atom stereocenters. The Morgan fingerprint density at radius 3 is 2.43 bits per heavy atom. The standard InChI is InChI=1S/C23H37N3O2/c1-19-5-7-20(8-6-19)25-21-9-16-26(17-10-21)18-14-23(11-3-2-4-12-23)13-15-24-22(27)28/h5-8,21,24-25H,2-4,9-18H2,1H3,(H,27,28). The number of hydrogen-bond acceptors (Lipinski definition) is 3. The molecule has 3 N–H and O–H groups in total. The van der Waals surface area contributed by atoms with Crippen molar-refractivity contribution in [2.75, 3.05) is 31.5 Å². The number of rotatable bonds is 8. The lowest BCUT2D eigenvalue weighted by molar-refractivity contribution is 0.117. The summed E-state index contributed by atoms with van der Waals surface area (Å²) in [5.41, 5.74) is 2.88. The minimum Gasteiger partial charge on any atom is -0.465 e. The molecule has 0 spiro atoms. The third-order valence-corrected chi connectivity index (χ3v) is 6.81. The monoisotopic (exact) mass is 387 g/mol. The molecule has 2 fully saturated rings. The highest BCUT2D eigenvalue weighted by Crippen LogP contribution is 2.42. The Kier molecular flexibility index (Phi) is 7.60. The number of carboxylic acid groups (broad SMARTS) is 1. The number of aryl methyl sites for hydroxylation is 1. The van der Waals surface area contributed by atoms with E-state index in [2.05, 4.69) is 46.7 Å². The largest absolute Gasteiger partial charge is 0.465 e. The smallest absolute Gasteiger partial charge is 0.404 e. The van der Waals surface area contributed by atoms with E-state index >= 15 is 0 Å². The minimum absolute atomic E-state index is 0.345. The Morgan fingerprint density at radius 2 is 1.79 bits per heavy atom. The van der Waals surface area contributed by atoms with Crippen molar-refractivity contribution in [1.29, 1.82) is 0 Å². The molecular weight excluding hydrogens is 350 g/mol. The average molecular weight is 388 g/mol. The molecule has 28 heavy (non-hydrogen) atoms. The first kappa shape index (κ1) is 21.0. The van der Waals surface area contributed by atoms with Crippen LogP contribution in [0.2, 0.25) is 0 Å². The van der Waals surface area contributed by atoms with Crippen LogP contribution in [0.4, 0.5) is 10.5 Å². The number of nitrogens with zero attached hydrogens (tertiary/aromatic N) is 1. The van der Waals surface area contributed by atoms with Crippen LogP contribution in [0, 0.1) is 12.3 Å². The first-order valence-electron chi connectivity index (χ1n) is 11.1. The molecule has 1 aromatic carbocycles. The third-order valence-electron chi connectivity index (χ3n) is 6.81.